The maximum atomic E-state index is 13.0. The van der Waals surface area contributed by atoms with Gasteiger partial charge in [-0.25, -0.2) is 4.98 Å². The number of halogens is 3. The van der Waals surface area contributed by atoms with E-state index < -0.39 is 28.8 Å². The van der Waals surface area contributed by atoms with Crippen LogP contribution in [0.2, 0.25) is 0 Å². The van der Waals surface area contributed by atoms with Crippen LogP contribution in [-0.4, -0.2) is 20.4 Å². The molecule has 3 rings (SSSR count). The van der Waals surface area contributed by atoms with E-state index in [0.717, 1.165) is 23.0 Å². The summed E-state index contributed by atoms with van der Waals surface area (Å²) in [7, 11) is 0. The molecule has 7 nitrogen and oxygen atoms in total. The number of alkyl halides is 3. The lowest BCUT2D eigenvalue weighted by Gasteiger charge is -2.17. The van der Waals surface area contributed by atoms with Crippen molar-refractivity contribution in [3.8, 4) is 5.69 Å². The van der Waals surface area contributed by atoms with E-state index >= 15 is 0 Å². The molecule has 0 saturated heterocycles. The fourth-order valence-corrected chi connectivity index (χ4v) is 2.97. The summed E-state index contributed by atoms with van der Waals surface area (Å²) >= 11 is 0. The number of nitrogens with two attached hydrogens (primary N) is 1. The Hall–Kier alpha value is -3.69. The number of hydrogen-bond donors (Lipinski definition) is 2. The quantitative estimate of drug-likeness (QED) is 0.700. The minimum absolute atomic E-state index is 0.199. The van der Waals surface area contributed by atoms with Crippen LogP contribution >= 0.6 is 0 Å². The third-order valence-corrected chi connectivity index (χ3v) is 4.21. The van der Waals surface area contributed by atoms with Crippen molar-refractivity contribution in [2.24, 2.45) is 0 Å². The van der Waals surface area contributed by atoms with Gasteiger partial charge in [-0.1, -0.05) is 0 Å². The van der Waals surface area contributed by atoms with Crippen LogP contribution in [0, 0.1) is 13.8 Å². The highest BCUT2D eigenvalue weighted by molar-refractivity contribution is 6.06. The molecule has 10 heteroatoms. The second kappa shape index (κ2) is 7.38. The molecule has 0 radical (unpaired) electrons. The Labute approximate surface area is 163 Å². The zero-order valence-electron chi connectivity index (χ0n) is 15.4. The molecule has 0 saturated carbocycles. The summed E-state index contributed by atoms with van der Waals surface area (Å²) in [6.07, 6.45) is -0.543. The van der Waals surface area contributed by atoms with E-state index in [1.807, 2.05) is 0 Å². The number of aromatic nitrogens is 3. The van der Waals surface area contributed by atoms with Gasteiger partial charge in [0.15, 0.2) is 0 Å². The fourth-order valence-electron chi connectivity index (χ4n) is 2.97. The maximum absolute atomic E-state index is 13.0. The second-order valence-corrected chi connectivity index (χ2v) is 6.33. The van der Waals surface area contributed by atoms with Crippen molar-refractivity contribution in [1.29, 1.82) is 0 Å². The van der Waals surface area contributed by atoms with Crippen LogP contribution < -0.4 is 16.6 Å². The Morgan fingerprint density at radius 3 is 2.41 bits per heavy atom. The summed E-state index contributed by atoms with van der Waals surface area (Å²) in [4.78, 5) is 33.3. The van der Waals surface area contributed by atoms with E-state index in [0.29, 0.717) is 5.69 Å². The first-order valence-corrected chi connectivity index (χ1v) is 8.37. The van der Waals surface area contributed by atoms with E-state index in [-0.39, 0.29) is 22.6 Å². The topological polar surface area (TPSA) is 103 Å². The van der Waals surface area contributed by atoms with Gasteiger partial charge in [0.2, 0.25) is 0 Å². The van der Waals surface area contributed by atoms with Crippen molar-refractivity contribution in [2.75, 3.05) is 11.1 Å². The summed E-state index contributed by atoms with van der Waals surface area (Å²) in [5.74, 6) is -1.10. The summed E-state index contributed by atoms with van der Waals surface area (Å²) < 4.78 is 40.1. The Morgan fingerprint density at radius 1 is 1.21 bits per heavy atom. The molecule has 150 valence electrons. The van der Waals surface area contributed by atoms with Crippen molar-refractivity contribution < 1.29 is 18.0 Å². The number of nitrogens with zero attached hydrogens (tertiary/aromatic N) is 3. The van der Waals surface area contributed by atoms with Crippen molar-refractivity contribution in [1.82, 2.24) is 14.5 Å². The summed E-state index contributed by atoms with van der Waals surface area (Å²) in [6.45, 7) is 2.88. The predicted molar refractivity (Wildman–Crippen MR) is 101 cm³/mol. The first-order chi connectivity index (χ1) is 13.6. The van der Waals surface area contributed by atoms with Crippen molar-refractivity contribution in [2.45, 2.75) is 20.0 Å². The van der Waals surface area contributed by atoms with Crippen LogP contribution in [0.3, 0.4) is 0 Å². The van der Waals surface area contributed by atoms with Gasteiger partial charge in [-0.2, -0.15) is 13.2 Å². The molecule has 0 spiro atoms. The lowest BCUT2D eigenvalue weighted by atomic mass is 10.0. The van der Waals surface area contributed by atoms with Crippen LogP contribution in [0.25, 0.3) is 5.69 Å². The molecule has 1 aromatic carbocycles. The minimum Gasteiger partial charge on any atom is -0.383 e. The Bertz CT molecular complexity index is 1120. The van der Waals surface area contributed by atoms with E-state index in [2.05, 4.69) is 15.3 Å². The number of anilines is 2. The lowest BCUT2D eigenvalue weighted by molar-refractivity contribution is -0.137. The number of nitrogen functional groups attached to an aromatic ring is 1. The van der Waals surface area contributed by atoms with Crippen LogP contribution in [0.1, 0.15) is 27.0 Å². The van der Waals surface area contributed by atoms with Crippen LogP contribution in [0.5, 0.6) is 0 Å². The number of amides is 1. The van der Waals surface area contributed by atoms with E-state index in [9.17, 15) is 22.8 Å². The molecular weight excluding hydrogens is 387 g/mol. The van der Waals surface area contributed by atoms with E-state index in [1.165, 1.54) is 26.2 Å². The molecule has 3 N–H and O–H groups in total. The Kier molecular flexibility index (Phi) is 5.10. The lowest BCUT2D eigenvalue weighted by Crippen LogP contribution is -2.31. The zero-order valence-corrected chi connectivity index (χ0v) is 15.4. The first kappa shape index (κ1) is 20.1. The standard InChI is InChI=1S/C19H16F3N5O2/c1-10-6-12(19(20,21)22)7-11(2)15(10)27-9-25-16(23)14(18(27)29)17(28)26-13-4-3-5-24-8-13/h3-9H,23H2,1-2H3,(H,26,28). The largest absolute Gasteiger partial charge is 0.416 e. The van der Waals surface area contributed by atoms with Gasteiger partial charge in [0, 0.05) is 6.20 Å². The smallest absolute Gasteiger partial charge is 0.383 e. The average Bonchev–Trinajstić information content (AvgIpc) is 2.63. The van der Waals surface area contributed by atoms with Gasteiger partial charge in [-0.15, -0.1) is 0 Å². The van der Waals surface area contributed by atoms with Gasteiger partial charge >= 0.3 is 6.18 Å². The van der Waals surface area contributed by atoms with Crippen molar-refractivity contribution in [3.63, 3.8) is 0 Å². The fraction of sp³-hybridized carbons (Fsp3) is 0.158. The first-order valence-electron chi connectivity index (χ1n) is 8.37. The molecule has 2 heterocycles. The molecule has 0 unspecified atom stereocenters. The van der Waals surface area contributed by atoms with Gasteiger partial charge in [0.25, 0.3) is 11.5 Å². The minimum atomic E-state index is -4.52. The molecular formula is C19H16F3N5O2. The molecule has 0 bridgehead atoms. The summed E-state index contributed by atoms with van der Waals surface area (Å²) in [5, 5.41) is 2.49. The number of nitrogens with one attached hydrogen (secondary N) is 1. The Balaban J connectivity index is 2.11. The summed E-state index contributed by atoms with van der Waals surface area (Å²) in [5.41, 5.74) is 4.62. The third kappa shape index (κ3) is 3.96. The van der Waals surface area contributed by atoms with Crippen LogP contribution in [0.4, 0.5) is 24.7 Å². The number of rotatable bonds is 3. The van der Waals surface area contributed by atoms with Gasteiger partial charge < -0.3 is 11.1 Å². The third-order valence-electron chi connectivity index (χ3n) is 4.21. The van der Waals surface area contributed by atoms with Gasteiger partial charge in [0.1, 0.15) is 17.7 Å². The molecule has 0 fully saturated rings. The number of benzene rings is 1. The number of carbonyl (C=O) groups is 1. The van der Waals surface area contributed by atoms with E-state index in [4.69, 9.17) is 5.73 Å². The highest BCUT2D eigenvalue weighted by Crippen LogP contribution is 2.32. The SMILES string of the molecule is Cc1cc(C(F)(F)F)cc(C)c1-n1cnc(N)c(C(=O)Nc2cccnc2)c1=O. The highest BCUT2D eigenvalue weighted by Gasteiger charge is 2.31. The maximum Gasteiger partial charge on any atom is 0.416 e. The molecule has 29 heavy (non-hydrogen) atoms. The monoisotopic (exact) mass is 403 g/mol. The molecule has 0 aliphatic carbocycles. The molecule has 2 aromatic heterocycles. The second-order valence-electron chi connectivity index (χ2n) is 6.33. The predicted octanol–water partition coefficient (Wildman–Crippen LogP) is 3.10. The van der Waals surface area contributed by atoms with Gasteiger partial charge in [-0.05, 0) is 49.2 Å². The number of carbonyl (C=O) groups excluding carboxylic acids is 1. The molecule has 0 aliphatic heterocycles. The normalized spacial score (nSPS) is 11.3. The zero-order chi connectivity index (χ0) is 21.3. The number of pyridine rings is 1. The molecule has 3 aromatic rings. The van der Waals surface area contributed by atoms with Gasteiger partial charge in [0.05, 0.1) is 23.1 Å². The number of aryl methyl sites for hydroxylation is 2. The van der Waals surface area contributed by atoms with Crippen molar-refractivity contribution >= 4 is 17.4 Å². The van der Waals surface area contributed by atoms with E-state index in [1.54, 1.807) is 12.1 Å². The van der Waals surface area contributed by atoms with Crippen LogP contribution in [0.15, 0.2) is 47.8 Å². The number of hydrogen-bond acceptors (Lipinski definition) is 5. The molecule has 1 amide bonds. The average molecular weight is 403 g/mol. The van der Waals surface area contributed by atoms with Crippen LogP contribution in [-0.2, 0) is 6.18 Å². The Morgan fingerprint density at radius 2 is 1.86 bits per heavy atom. The van der Waals surface area contributed by atoms with Crippen molar-refractivity contribution in [3.05, 3.63) is 75.6 Å². The molecule has 0 atom stereocenters. The summed E-state index contributed by atoms with van der Waals surface area (Å²) in [6, 6.07) is 5.02. The highest BCUT2D eigenvalue weighted by atomic mass is 19.4. The van der Waals surface area contributed by atoms with Gasteiger partial charge in [-0.3, -0.25) is 19.1 Å². The molecule has 0 aliphatic rings.